The second-order valence-electron chi connectivity index (χ2n) is 15.5. The van der Waals surface area contributed by atoms with Crippen LogP contribution in [0.3, 0.4) is 0 Å². The predicted molar refractivity (Wildman–Crippen MR) is 241 cm³/mol. The lowest BCUT2D eigenvalue weighted by Gasteiger charge is -2.18. The van der Waals surface area contributed by atoms with Gasteiger partial charge in [-0.25, -0.2) is 0 Å². The Labute approximate surface area is 331 Å². The normalized spacial score (nSPS) is 13.4. The average Bonchev–Trinajstić information content (AvgIpc) is 3.95. The third-order valence-electron chi connectivity index (χ3n) is 12.4. The number of rotatable bonds is 5. The number of allylic oxidation sites excluding steroid dienone is 4. The highest BCUT2D eigenvalue weighted by Gasteiger charge is 2.32. The van der Waals surface area contributed by atoms with Gasteiger partial charge in [0.15, 0.2) is 0 Å². The summed E-state index contributed by atoms with van der Waals surface area (Å²) in [5, 5.41) is 5.34. The molecule has 268 valence electrons. The van der Waals surface area contributed by atoms with Gasteiger partial charge in [0.2, 0.25) is 0 Å². The van der Waals surface area contributed by atoms with Crippen LogP contribution in [0.4, 0.5) is 0 Å². The monoisotopic (exact) mass is 726 g/mol. The minimum Gasteiger partial charge on any atom is -0.309 e. The molecule has 8 aromatic carbocycles. The van der Waals surface area contributed by atoms with E-state index in [9.17, 15) is 0 Å². The van der Waals surface area contributed by atoms with Gasteiger partial charge in [-0.3, -0.25) is 0 Å². The number of nitrogens with zero attached hydrogens (tertiary/aromatic N) is 2. The van der Waals surface area contributed by atoms with Crippen LogP contribution in [-0.4, -0.2) is 9.13 Å². The SMILES string of the molecule is C1=CCCC(c2cc3c(c4c5ccccc5n(-c5cccc(-c6ccccc6)c5)c24)Cc2c-3cc(-c3ccccc3)c3c2c2ccccc2n3-c2ccccc2)=C1. The molecule has 0 unspecified atom stereocenters. The number of hydrogen-bond donors (Lipinski definition) is 0. The average molecular weight is 727 g/mol. The fraction of sp³-hybridized carbons (Fsp3) is 0.0545. The van der Waals surface area contributed by atoms with Crippen molar-refractivity contribution in [1.29, 1.82) is 0 Å². The topological polar surface area (TPSA) is 9.86 Å². The van der Waals surface area contributed by atoms with Crippen LogP contribution in [0.1, 0.15) is 29.5 Å². The summed E-state index contributed by atoms with van der Waals surface area (Å²) in [5.74, 6) is 0. The van der Waals surface area contributed by atoms with Gasteiger partial charge >= 0.3 is 0 Å². The molecule has 12 rings (SSSR count). The van der Waals surface area contributed by atoms with Crippen molar-refractivity contribution in [2.75, 3.05) is 0 Å². The van der Waals surface area contributed by atoms with E-state index in [1.807, 2.05) is 0 Å². The van der Waals surface area contributed by atoms with Crippen LogP contribution in [0.25, 0.3) is 93.9 Å². The summed E-state index contributed by atoms with van der Waals surface area (Å²) in [6.45, 7) is 0. The number of fused-ring (bicyclic) bond motifs is 11. The highest BCUT2D eigenvalue weighted by Crippen LogP contribution is 2.53. The summed E-state index contributed by atoms with van der Waals surface area (Å²) in [7, 11) is 0. The molecule has 0 saturated carbocycles. The Hall–Kier alpha value is -7.16. The molecule has 0 saturated heterocycles. The molecule has 0 atom stereocenters. The molecule has 2 heterocycles. The first-order valence-corrected chi connectivity index (χ1v) is 20.1. The third-order valence-corrected chi connectivity index (χ3v) is 12.4. The zero-order chi connectivity index (χ0) is 37.5. The van der Waals surface area contributed by atoms with Crippen LogP contribution in [0.15, 0.2) is 194 Å². The van der Waals surface area contributed by atoms with Gasteiger partial charge in [-0.15, -0.1) is 0 Å². The number of aromatic nitrogens is 2. The zero-order valence-electron chi connectivity index (χ0n) is 31.5. The van der Waals surface area contributed by atoms with Crippen molar-refractivity contribution in [3.63, 3.8) is 0 Å². The van der Waals surface area contributed by atoms with Gasteiger partial charge in [0.1, 0.15) is 0 Å². The first-order chi connectivity index (χ1) is 28.3. The number of para-hydroxylation sites is 3. The standard InChI is InChI=1S/C55H38N2/c1-5-18-36(19-6-1)39-24-17-27-41(32-39)57-51-31-16-14-29-43(51)53-49-35-48-46(47(49)34-45(55(53)57)38-22-9-3-10-23-38)33-44(37-20-7-2-8-21-37)54-52(48)42-28-13-15-30-50(42)56(54)40-25-11-4-12-26-40/h1-9,11-22,24-34H,10,23,35H2. The molecule has 2 aliphatic carbocycles. The minimum atomic E-state index is 0.868. The lowest BCUT2D eigenvalue weighted by atomic mass is 9.89. The van der Waals surface area contributed by atoms with E-state index in [0.717, 1.165) is 19.3 Å². The maximum Gasteiger partial charge on any atom is 0.0622 e. The van der Waals surface area contributed by atoms with Crippen LogP contribution in [0.5, 0.6) is 0 Å². The summed E-state index contributed by atoms with van der Waals surface area (Å²) in [6, 6.07) is 65.0. The molecule has 0 amide bonds. The summed E-state index contributed by atoms with van der Waals surface area (Å²) >= 11 is 0. The molecule has 0 bridgehead atoms. The molecule has 57 heavy (non-hydrogen) atoms. The number of benzene rings is 8. The van der Waals surface area contributed by atoms with E-state index in [1.165, 1.54) is 111 Å². The van der Waals surface area contributed by atoms with Crippen molar-refractivity contribution in [1.82, 2.24) is 9.13 Å². The molecule has 2 aromatic heterocycles. The quantitative estimate of drug-likeness (QED) is 0.167. The van der Waals surface area contributed by atoms with E-state index >= 15 is 0 Å². The predicted octanol–water partition coefficient (Wildman–Crippen LogP) is 14.5. The van der Waals surface area contributed by atoms with Crippen molar-refractivity contribution < 1.29 is 0 Å². The molecular weight excluding hydrogens is 689 g/mol. The van der Waals surface area contributed by atoms with Crippen LogP contribution in [-0.2, 0) is 6.42 Å². The Bertz CT molecular complexity index is 3280. The largest absolute Gasteiger partial charge is 0.309 e. The van der Waals surface area contributed by atoms with Crippen LogP contribution < -0.4 is 0 Å². The second kappa shape index (κ2) is 12.7. The Kier molecular flexibility index (Phi) is 7.15. The maximum absolute atomic E-state index is 2.56. The molecule has 0 fully saturated rings. The lowest BCUT2D eigenvalue weighted by molar-refractivity contribution is 1.05. The fourth-order valence-corrected chi connectivity index (χ4v) is 9.97. The minimum absolute atomic E-state index is 0.868. The molecule has 0 spiro atoms. The van der Waals surface area contributed by atoms with Gasteiger partial charge in [-0.05, 0) is 106 Å². The van der Waals surface area contributed by atoms with Crippen LogP contribution >= 0.6 is 0 Å². The summed E-state index contributed by atoms with van der Waals surface area (Å²) in [4.78, 5) is 0. The van der Waals surface area contributed by atoms with E-state index < -0.39 is 0 Å². The lowest BCUT2D eigenvalue weighted by Crippen LogP contribution is -2.00. The van der Waals surface area contributed by atoms with E-state index in [2.05, 4.69) is 203 Å². The Balaban J connectivity index is 1.22. The zero-order valence-corrected chi connectivity index (χ0v) is 31.5. The maximum atomic E-state index is 2.56. The van der Waals surface area contributed by atoms with Crippen molar-refractivity contribution >= 4 is 49.2 Å². The molecule has 0 N–H and O–H groups in total. The van der Waals surface area contributed by atoms with Crippen molar-refractivity contribution in [3.05, 3.63) is 211 Å². The van der Waals surface area contributed by atoms with E-state index in [-0.39, 0.29) is 0 Å². The Morgan fingerprint density at radius 2 is 0.930 bits per heavy atom. The van der Waals surface area contributed by atoms with Crippen molar-refractivity contribution in [2.45, 2.75) is 19.3 Å². The number of hydrogen-bond acceptors (Lipinski definition) is 0. The molecule has 2 aliphatic rings. The van der Waals surface area contributed by atoms with Crippen molar-refractivity contribution in [3.8, 4) is 44.8 Å². The van der Waals surface area contributed by atoms with Crippen LogP contribution in [0, 0.1) is 0 Å². The fourth-order valence-electron chi connectivity index (χ4n) is 9.97. The molecule has 2 heteroatoms. The first kappa shape index (κ1) is 32.1. The highest BCUT2D eigenvalue weighted by molar-refractivity contribution is 6.21. The van der Waals surface area contributed by atoms with Gasteiger partial charge in [0.05, 0.1) is 22.1 Å². The summed E-state index contributed by atoms with van der Waals surface area (Å²) in [5.41, 5.74) is 20.6. The Morgan fingerprint density at radius 3 is 1.58 bits per heavy atom. The van der Waals surface area contributed by atoms with Gasteiger partial charge in [0, 0.05) is 50.5 Å². The van der Waals surface area contributed by atoms with E-state index in [1.54, 1.807) is 0 Å². The Morgan fingerprint density at radius 1 is 0.404 bits per heavy atom. The highest BCUT2D eigenvalue weighted by atomic mass is 15.0. The third kappa shape index (κ3) is 4.84. The van der Waals surface area contributed by atoms with Gasteiger partial charge in [0.25, 0.3) is 0 Å². The summed E-state index contributed by atoms with van der Waals surface area (Å²) in [6.07, 6.45) is 9.84. The molecule has 0 radical (unpaired) electrons. The van der Waals surface area contributed by atoms with Gasteiger partial charge in [-0.1, -0.05) is 146 Å². The van der Waals surface area contributed by atoms with Crippen molar-refractivity contribution in [2.24, 2.45) is 0 Å². The van der Waals surface area contributed by atoms with E-state index in [0.29, 0.717) is 0 Å². The first-order valence-electron chi connectivity index (χ1n) is 20.1. The van der Waals surface area contributed by atoms with Gasteiger partial charge in [-0.2, -0.15) is 0 Å². The molecular formula is C55H38N2. The van der Waals surface area contributed by atoms with Gasteiger partial charge < -0.3 is 9.13 Å². The molecule has 0 aliphatic heterocycles. The molecule has 10 aromatic rings. The second-order valence-corrected chi connectivity index (χ2v) is 15.5. The summed E-state index contributed by atoms with van der Waals surface area (Å²) < 4.78 is 5.06. The smallest absolute Gasteiger partial charge is 0.0622 e. The van der Waals surface area contributed by atoms with E-state index in [4.69, 9.17) is 0 Å². The molecule has 2 nitrogen and oxygen atoms in total. The van der Waals surface area contributed by atoms with Crippen LogP contribution in [0.2, 0.25) is 0 Å².